The first-order chi connectivity index (χ1) is 12.7. The Morgan fingerprint density at radius 3 is 2.65 bits per heavy atom. The number of hydrogen-bond donors (Lipinski definition) is 1. The lowest BCUT2D eigenvalue weighted by atomic mass is 10.2. The van der Waals surface area contributed by atoms with Crippen LogP contribution in [0.1, 0.15) is 22.8 Å². The molecular weight excluding hydrogens is 328 g/mol. The van der Waals surface area contributed by atoms with Crippen molar-refractivity contribution in [1.29, 1.82) is 0 Å². The number of carbonyl (C=O) groups is 1. The van der Waals surface area contributed by atoms with Gasteiger partial charge in [-0.25, -0.2) is 0 Å². The Morgan fingerprint density at radius 1 is 1.12 bits per heavy atom. The summed E-state index contributed by atoms with van der Waals surface area (Å²) in [4.78, 5) is 14.7. The average Bonchev–Trinajstić information content (AvgIpc) is 2.66. The van der Waals surface area contributed by atoms with Gasteiger partial charge in [-0.15, -0.1) is 0 Å². The second kappa shape index (κ2) is 10.5. The molecule has 5 heteroatoms. The van der Waals surface area contributed by atoms with Crippen LogP contribution < -0.4 is 15.0 Å². The van der Waals surface area contributed by atoms with Gasteiger partial charge in [0, 0.05) is 38.0 Å². The second-order valence-corrected chi connectivity index (χ2v) is 5.99. The molecule has 5 nitrogen and oxygen atoms in total. The third-order valence-electron chi connectivity index (χ3n) is 4.16. The van der Waals surface area contributed by atoms with Crippen molar-refractivity contribution in [2.24, 2.45) is 0 Å². The monoisotopic (exact) mass is 356 g/mol. The van der Waals surface area contributed by atoms with Crippen molar-refractivity contribution in [3.8, 4) is 5.75 Å². The molecule has 1 N–H and O–H groups in total. The summed E-state index contributed by atoms with van der Waals surface area (Å²) in [6, 6.07) is 15.5. The van der Waals surface area contributed by atoms with Gasteiger partial charge in [0.25, 0.3) is 5.91 Å². The van der Waals surface area contributed by atoms with Crippen molar-refractivity contribution in [2.75, 3.05) is 44.9 Å². The lowest BCUT2D eigenvalue weighted by molar-refractivity contribution is 0.0954. The average molecular weight is 356 g/mol. The van der Waals surface area contributed by atoms with Crippen LogP contribution in [-0.2, 0) is 4.74 Å². The zero-order chi connectivity index (χ0) is 18.8. The number of benzene rings is 2. The molecule has 0 saturated heterocycles. The number of amides is 1. The summed E-state index contributed by atoms with van der Waals surface area (Å²) in [5, 5.41) is 2.99. The highest BCUT2D eigenvalue weighted by molar-refractivity contribution is 5.94. The summed E-state index contributed by atoms with van der Waals surface area (Å²) in [5.41, 5.74) is 3.04. The van der Waals surface area contributed by atoms with Crippen molar-refractivity contribution in [1.82, 2.24) is 5.32 Å². The van der Waals surface area contributed by atoms with E-state index in [1.807, 2.05) is 24.3 Å². The van der Waals surface area contributed by atoms with E-state index < -0.39 is 0 Å². The molecule has 0 aromatic heterocycles. The highest BCUT2D eigenvalue weighted by Gasteiger charge is 2.09. The van der Waals surface area contributed by atoms with Gasteiger partial charge in [-0.3, -0.25) is 4.79 Å². The molecule has 1 amide bonds. The largest absolute Gasteiger partial charge is 0.491 e. The van der Waals surface area contributed by atoms with Gasteiger partial charge >= 0.3 is 0 Å². The Hall–Kier alpha value is -2.53. The number of anilines is 1. The van der Waals surface area contributed by atoms with E-state index in [9.17, 15) is 4.79 Å². The first-order valence-corrected chi connectivity index (χ1v) is 8.96. The molecule has 0 radical (unpaired) electrons. The van der Waals surface area contributed by atoms with E-state index in [0.29, 0.717) is 31.1 Å². The number of hydrogen-bond acceptors (Lipinski definition) is 4. The van der Waals surface area contributed by atoms with E-state index in [1.54, 1.807) is 19.2 Å². The van der Waals surface area contributed by atoms with Crippen LogP contribution in [0, 0.1) is 6.92 Å². The van der Waals surface area contributed by atoms with E-state index >= 15 is 0 Å². The normalized spacial score (nSPS) is 10.4. The van der Waals surface area contributed by atoms with Crippen LogP contribution in [0.15, 0.2) is 48.5 Å². The van der Waals surface area contributed by atoms with Crippen LogP contribution >= 0.6 is 0 Å². The number of methoxy groups -OCH3 is 1. The fourth-order valence-electron chi connectivity index (χ4n) is 2.74. The molecule has 140 valence electrons. The molecule has 0 unspecified atom stereocenters. The van der Waals surface area contributed by atoms with Gasteiger partial charge in [-0.05, 0) is 43.7 Å². The molecular formula is C21H28N2O3. The standard InChI is InChI=1S/C21H28N2O3/c1-4-23(20-11-6-5-8-17(20)2)13-12-22-21(24)18-9-7-10-19(16-18)26-15-14-25-3/h5-11,16H,4,12-15H2,1-3H3,(H,22,24). The molecule has 0 fully saturated rings. The fourth-order valence-corrected chi connectivity index (χ4v) is 2.74. The first kappa shape index (κ1) is 19.8. The summed E-state index contributed by atoms with van der Waals surface area (Å²) in [6.45, 7) is 7.43. The Labute approximate surface area is 155 Å². The van der Waals surface area contributed by atoms with E-state index in [1.165, 1.54) is 11.3 Å². The minimum absolute atomic E-state index is 0.0944. The van der Waals surface area contributed by atoms with Gasteiger partial charge in [0.05, 0.1) is 6.61 Å². The van der Waals surface area contributed by atoms with Crippen LogP contribution in [0.3, 0.4) is 0 Å². The van der Waals surface area contributed by atoms with E-state index in [4.69, 9.17) is 9.47 Å². The summed E-state index contributed by atoms with van der Waals surface area (Å²) in [6.07, 6.45) is 0. The molecule has 0 bridgehead atoms. The number of carbonyl (C=O) groups excluding carboxylic acids is 1. The van der Waals surface area contributed by atoms with Gasteiger partial charge in [0.1, 0.15) is 12.4 Å². The van der Waals surface area contributed by atoms with Gasteiger partial charge in [0.2, 0.25) is 0 Å². The molecule has 2 rings (SSSR count). The topological polar surface area (TPSA) is 50.8 Å². The van der Waals surface area contributed by atoms with Crippen molar-refractivity contribution >= 4 is 11.6 Å². The van der Waals surface area contributed by atoms with Gasteiger partial charge in [-0.2, -0.15) is 0 Å². The van der Waals surface area contributed by atoms with Crippen LogP contribution in [0.5, 0.6) is 5.75 Å². The lowest BCUT2D eigenvalue weighted by Crippen LogP contribution is -2.35. The highest BCUT2D eigenvalue weighted by atomic mass is 16.5. The zero-order valence-electron chi connectivity index (χ0n) is 15.8. The van der Waals surface area contributed by atoms with Crippen molar-refractivity contribution in [3.63, 3.8) is 0 Å². The smallest absolute Gasteiger partial charge is 0.251 e. The van der Waals surface area contributed by atoms with Crippen LogP contribution in [0.2, 0.25) is 0 Å². The van der Waals surface area contributed by atoms with Crippen LogP contribution in [-0.4, -0.2) is 45.9 Å². The summed E-state index contributed by atoms with van der Waals surface area (Å²) in [7, 11) is 1.63. The third-order valence-corrected chi connectivity index (χ3v) is 4.16. The molecule has 0 saturated carbocycles. The Kier molecular flexibility index (Phi) is 7.96. The van der Waals surface area contributed by atoms with E-state index in [-0.39, 0.29) is 5.91 Å². The molecule has 0 atom stereocenters. The van der Waals surface area contributed by atoms with Crippen LogP contribution in [0.4, 0.5) is 5.69 Å². The second-order valence-electron chi connectivity index (χ2n) is 5.99. The van der Waals surface area contributed by atoms with E-state index in [0.717, 1.165) is 13.1 Å². The zero-order valence-corrected chi connectivity index (χ0v) is 15.8. The number of nitrogens with one attached hydrogen (secondary N) is 1. The number of likely N-dealkylation sites (N-methyl/N-ethyl adjacent to an activating group) is 1. The fraction of sp³-hybridized carbons (Fsp3) is 0.381. The van der Waals surface area contributed by atoms with Crippen molar-refractivity contribution < 1.29 is 14.3 Å². The van der Waals surface area contributed by atoms with Gasteiger partial charge in [0.15, 0.2) is 0 Å². The molecule has 2 aromatic carbocycles. The van der Waals surface area contributed by atoms with Crippen molar-refractivity contribution in [3.05, 3.63) is 59.7 Å². The maximum Gasteiger partial charge on any atom is 0.251 e. The molecule has 0 heterocycles. The molecule has 0 spiro atoms. The van der Waals surface area contributed by atoms with Crippen molar-refractivity contribution in [2.45, 2.75) is 13.8 Å². The SMILES string of the molecule is CCN(CCNC(=O)c1cccc(OCCOC)c1)c1ccccc1C. The number of para-hydroxylation sites is 1. The first-order valence-electron chi connectivity index (χ1n) is 8.96. The minimum atomic E-state index is -0.0944. The molecule has 26 heavy (non-hydrogen) atoms. The van der Waals surface area contributed by atoms with Crippen LogP contribution in [0.25, 0.3) is 0 Å². The Balaban J connectivity index is 1.88. The number of ether oxygens (including phenoxy) is 2. The maximum atomic E-state index is 12.4. The molecule has 0 aliphatic rings. The number of aryl methyl sites for hydroxylation is 1. The summed E-state index contributed by atoms with van der Waals surface area (Å²) < 4.78 is 10.5. The molecule has 2 aromatic rings. The lowest BCUT2D eigenvalue weighted by Gasteiger charge is -2.25. The predicted molar refractivity (Wildman–Crippen MR) is 105 cm³/mol. The summed E-state index contributed by atoms with van der Waals surface area (Å²) in [5.74, 6) is 0.577. The predicted octanol–water partition coefficient (Wildman–Crippen LogP) is 3.28. The maximum absolute atomic E-state index is 12.4. The Bertz CT molecular complexity index is 703. The quantitative estimate of drug-likeness (QED) is 0.664. The van der Waals surface area contributed by atoms with E-state index in [2.05, 4.69) is 36.2 Å². The van der Waals surface area contributed by atoms with Gasteiger partial charge in [-0.1, -0.05) is 24.3 Å². The highest BCUT2D eigenvalue weighted by Crippen LogP contribution is 2.18. The molecule has 0 aliphatic carbocycles. The third kappa shape index (κ3) is 5.77. The molecule has 0 aliphatic heterocycles. The minimum Gasteiger partial charge on any atom is -0.491 e. The number of rotatable bonds is 10. The number of nitrogens with zero attached hydrogens (tertiary/aromatic N) is 1. The Morgan fingerprint density at radius 2 is 1.92 bits per heavy atom. The van der Waals surface area contributed by atoms with Gasteiger partial charge < -0.3 is 19.7 Å². The summed E-state index contributed by atoms with van der Waals surface area (Å²) >= 11 is 0.